The number of benzene rings is 1. The molecule has 6 heteroatoms. The predicted molar refractivity (Wildman–Crippen MR) is 78.8 cm³/mol. The number of hydrogen-bond donors (Lipinski definition) is 3. The average Bonchev–Trinajstić information content (AvgIpc) is 2.53. The molecule has 0 bridgehead atoms. The van der Waals surface area contributed by atoms with Gasteiger partial charge in [0.05, 0.1) is 11.3 Å². The molecule has 0 aliphatic carbocycles. The highest BCUT2D eigenvalue weighted by Gasteiger charge is 2.27. The van der Waals surface area contributed by atoms with Gasteiger partial charge in [-0.2, -0.15) is 0 Å². The van der Waals surface area contributed by atoms with E-state index in [4.69, 9.17) is 0 Å². The smallest absolute Gasteiger partial charge is 0.254 e. The minimum absolute atomic E-state index is 0.0549. The molecule has 3 amide bonds. The van der Waals surface area contributed by atoms with Crippen LogP contribution in [0.15, 0.2) is 24.3 Å². The molecule has 1 atom stereocenters. The Labute approximate surface area is 123 Å². The Hall–Kier alpha value is -2.37. The number of carbonyl (C=O) groups is 3. The van der Waals surface area contributed by atoms with E-state index in [2.05, 4.69) is 16.0 Å². The van der Waals surface area contributed by atoms with Crippen LogP contribution in [0, 0.1) is 0 Å². The van der Waals surface area contributed by atoms with Crippen molar-refractivity contribution in [1.29, 1.82) is 0 Å². The van der Waals surface area contributed by atoms with Gasteiger partial charge in [-0.3, -0.25) is 14.4 Å². The molecule has 0 aromatic heterocycles. The molecule has 2 rings (SSSR count). The maximum absolute atomic E-state index is 12.1. The van der Waals surface area contributed by atoms with E-state index in [1.54, 1.807) is 24.3 Å². The van der Waals surface area contributed by atoms with Crippen molar-refractivity contribution in [3.8, 4) is 0 Å². The Bertz CT molecular complexity index is 569. The number of amides is 3. The Morgan fingerprint density at radius 2 is 2.00 bits per heavy atom. The molecule has 0 saturated heterocycles. The Morgan fingerprint density at radius 1 is 1.29 bits per heavy atom. The average molecular weight is 289 g/mol. The standard InChI is InChI=1S/C15H19N3O3/c1-9(2)16-13(19)8-7-12-15(21)17-11-6-4-3-5-10(11)14(20)18-12/h3-6,9,12H,7-8H2,1-2H3,(H,16,19)(H,17,21)(H,18,20)/t12-/m1/s1. The maximum Gasteiger partial charge on any atom is 0.254 e. The molecule has 3 N–H and O–H groups in total. The van der Waals surface area contributed by atoms with Crippen LogP contribution in [0.5, 0.6) is 0 Å². The minimum atomic E-state index is -0.706. The second-order valence-electron chi connectivity index (χ2n) is 5.32. The molecular weight excluding hydrogens is 270 g/mol. The third kappa shape index (κ3) is 3.81. The molecule has 0 saturated carbocycles. The summed E-state index contributed by atoms with van der Waals surface area (Å²) in [6, 6.07) is 6.17. The summed E-state index contributed by atoms with van der Waals surface area (Å²) < 4.78 is 0. The number of nitrogens with one attached hydrogen (secondary N) is 3. The molecule has 21 heavy (non-hydrogen) atoms. The quantitative estimate of drug-likeness (QED) is 0.774. The first kappa shape index (κ1) is 15.0. The number of anilines is 1. The van der Waals surface area contributed by atoms with E-state index in [1.165, 1.54) is 0 Å². The fraction of sp³-hybridized carbons (Fsp3) is 0.400. The molecule has 1 aromatic carbocycles. The summed E-state index contributed by atoms with van der Waals surface area (Å²) in [5, 5.41) is 8.13. The third-order valence-electron chi connectivity index (χ3n) is 3.16. The van der Waals surface area contributed by atoms with E-state index in [9.17, 15) is 14.4 Å². The van der Waals surface area contributed by atoms with Gasteiger partial charge in [-0.05, 0) is 32.4 Å². The van der Waals surface area contributed by atoms with Crippen LogP contribution in [-0.2, 0) is 9.59 Å². The Balaban J connectivity index is 2.02. The van der Waals surface area contributed by atoms with Gasteiger partial charge in [-0.1, -0.05) is 12.1 Å². The van der Waals surface area contributed by atoms with E-state index in [-0.39, 0.29) is 36.6 Å². The summed E-state index contributed by atoms with van der Waals surface area (Å²) in [7, 11) is 0. The van der Waals surface area contributed by atoms with Gasteiger partial charge >= 0.3 is 0 Å². The molecular formula is C15H19N3O3. The van der Waals surface area contributed by atoms with Crippen LogP contribution < -0.4 is 16.0 Å². The summed E-state index contributed by atoms with van der Waals surface area (Å²) in [6.45, 7) is 3.74. The van der Waals surface area contributed by atoms with Gasteiger partial charge in [0, 0.05) is 12.5 Å². The predicted octanol–water partition coefficient (Wildman–Crippen LogP) is 1.04. The number of para-hydroxylation sites is 1. The first-order chi connectivity index (χ1) is 9.97. The molecule has 0 fully saturated rings. The second kappa shape index (κ2) is 6.39. The van der Waals surface area contributed by atoms with Crippen molar-refractivity contribution < 1.29 is 14.4 Å². The zero-order valence-corrected chi connectivity index (χ0v) is 12.1. The largest absolute Gasteiger partial charge is 0.354 e. The minimum Gasteiger partial charge on any atom is -0.354 e. The summed E-state index contributed by atoms with van der Waals surface area (Å²) in [5.41, 5.74) is 0.925. The normalized spacial score (nSPS) is 17.6. The lowest BCUT2D eigenvalue weighted by atomic mass is 10.1. The monoisotopic (exact) mass is 289 g/mol. The van der Waals surface area contributed by atoms with E-state index >= 15 is 0 Å². The number of carbonyl (C=O) groups excluding carboxylic acids is 3. The lowest BCUT2D eigenvalue weighted by Crippen LogP contribution is -2.42. The highest BCUT2D eigenvalue weighted by molar-refractivity contribution is 6.09. The topological polar surface area (TPSA) is 87.3 Å². The highest BCUT2D eigenvalue weighted by atomic mass is 16.2. The molecule has 0 unspecified atom stereocenters. The van der Waals surface area contributed by atoms with Crippen molar-refractivity contribution in [2.45, 2.75) is 38.8 Å². The van der Waals surface area contributed by atoms with Crippen molar-refractivity contribution in [2.75, 3.05) is 5.32 Å². The van der Waals surface area contributed by atoms with E-state index in [1.807, 2.05) is 13.8 Å². The zero-order valence-electron chi connectivity index (χ0n) is 12.1. The third-order valence-corrected chi connectivity index (χ3v) is 3.16. The van der Waals surface area contributed by atoms with Crippen LogP contribution >= 0.6 is 0 Å². The second-order valence-corrected chi connectivity index (χ2v) is 5.32. The van der Waals surface area contributed by atoms with E-state index in [0.29, 0.717) is 11.3 Å². The summed E-state index contributed by atoms with van der Waals surface area (Å²) in [5.74, 6) is -0.738. The first-order valence-corrected chi connectivity index (χ1v) is 6.97. The summed E-state index contributed by atoms with van der Waals surface area (Å²) in [4.78, 5) is 35.8. The Morgan fingerprint density at radius 3 is 2.71 bits per heavy atom. The van der Waals surface area contributed by atoms with Gasteiger partial charge in [0.2, 0.25) is 11.8 Å². The van der Waals surface area contributed by atoms with Gasteiger partial charge in [0.1, 0.15) is 6.04 Å². The van der Waals surface area contributed by atoms with E-state index < -0.39 is 6.04 Å². The molecule has 1 aromatic rings. The molecule has 1 aliphatic rings. The SMILES string of the molecule is CC(C)NC(=O)CC[C@H]1NC(=O)c2ccccc2NC1=O. The molecule has 1 aliphatic heterocycles. The van der Waals surface area contributed by atoms with Crippen molar-refractivity contribution in [1.82, 2.24) is 10.6 Å². The highest BCUT2D eigenvalue weighted by Crippen LogP contribution is 2.19. The molecule has 1 heterocycles. The van der Waals surface area contributed by atoms with Crippen LogP contribution in [0.2, 0.25) is 0 Å². The molecule has 0 spiro atoms. The van der Waals surface area contributed by atoms with Gasteiger partial charge in [-0.15, -0.1) is 0 Å². The summed E-state index contributed by atoms with van der Waals surface area (Å²) >= 11 is 0. The van der Waals surface area contributed by atoms with Crippen molar-refractivity contribution in [3.63, 3.8) is 0 Å². The maximum atomic E-state index is 12.1. The lowest BCUT2D eigenvalue weighted by molar-refractivity contribution is -0.122. The van der Waals surface area contributed by atoms with Crippen molar-refractivity contribution in [3.05, 3.63) is 29.8 Å². The van der Waals surface area contributed by atoms with Crippen LogP contribution in [-0.4, -0.2) is 29.8 Å². The number of rotatable bonds is 4. The zero-order chi connectivity index (χ0) is 15.4. The van der Waals surface area contributed by atoms with Crippen LogP contribution in [0.3, 0.4) is 0 Å². The summed E-state index contributed by atoms with van der Waals surface area (Å²) in [6.07, 6.45) is 0.455. The van der Waals surface area contributed by atoms with E-state index in [0.717, 1.165) is 0 Å². The number of hydrogen-bond acceptors (Lipinski definition) is 3. The lowest BCUT2D eigenvalue weighted by Gasteiger charge is -2.15. The van der Waals surface area contributed by atoms with Crippen molar-refractivity contribution in [2.24, 2.45) is 0 Å². The first-order valence-electron chi connectivity index (χ1n) is 6.97. The van der Waals surface area contributed by atoms with Crippen LogP contribution in [0.4, 0.5) is 5.69 Å². The van der Waals surface area contributed by atoms with Gasteiger partial charge in [-0.25, -0.2) is 0 Å². The molecule has 112 valence electrons. The van der Waals surface area contributed by atoms with Crippen LogP contribution in [0.25, 0.3) is 0 Å². The van der Waals surface area contributed by atoms with Gasteiger partial charge < -0.3 is 16.0 Å². The van der Waals surface area contributed by atoms with Crippen molar-refractivity contribution >= 4 is 23.4 Å². The fourth-order valence-electron chi connectivity index (χ4n) is 2.18. The van der Waals surface area contributed by atoms with Gasteiger partial charge in [0.15, 0.2) is 0 Å². The van der Waals surface area contributed by atoms with Crippen LogP contribution in [0.1, 0.15) is 37.0 Å². The number of fused-ring (bicyclic) bond motifs is 1. The molecule has 0 radical (unpaired) electrons. The molecule has 6 nitrogen and oxygen atoms in total. The Kier molecular flexibility index (Phi) is 4.57. The fourth-order valence-corrected chi connectivity index (χ4v) is 2.18. The van der Waals surface area contributed by atoms with Gasteiger partial charge in [0.25, 0.3) is 5.91 Å².